The fourth-order valence-corrected chi connectivity index (χ4v) is 3.71. The van der Waals surface area contributed by atoms with E-state index in [1.807, 2.05) is 45.0 Å². The summed E-state index contributed by atoms with van der Waals surface area (Å²) in [7, 11) is 0. The van der Waals surface area contributed by atoms with E-state index < -0.39 is 5.60 Å². The number of carbonyl (C=O) groups is 1. The van der Waals surface area contributed by atoms with E-state index in [0.717, 1.165) is 22.6 Å². The van der Waals surface area contributed by atoms with E-state index in [9.17, 15) is 14.7 Å². The lowest BCUT2D eigenvalue weighted by atomic mass is 9.77. The fraction of sp³-hybridized carbons (Fsp3) is 0.500. The quantitative estimate of drug-likeness (QED) is 0.746. The molecule has 0 radical (unpaired) electrons. The number of amides is 1. The third-order valence-corrected chi connectivity index (χ3v) is 5.06. The van der Waals surface area contributed by atoms with E-state index in [0.29, 0.717) is 19.4 Å². The molecule has 2 aromatic rings. The van der Waals surface area contributed by atoms with Crippen LogP contribution in [-0.2, 0) is 11.3 Å². The van der Waals surface area contributed by atoms with Crippen LogP contribution in [0.2, 0.25) is 0 Å². The molecule has 2 N–H and O–H groups in total. The molecule has 1 saturated carbocycles. The molecule has 156 valence electrons. The lowest BCUT2D eigenvalue weighted by Gasteiger charge is -2.41. The molecule has 1 aliphatic rings. The molecule has 1 aromatic heterocycles. The van der Waals surface area contributed by atoms with Crippen molar-refractivity contribution in [2.75, 3.05) is 6.61 Å². The number of aromatic nitrogens is 2. The van der Waals surface area contributed by atoms with Gasteiger partial charge < -0.3 is 15.2 Å². The highest BCUT2D eigenvalue weighted by Crippen LogP contribution is 2.31. The van der Waals surface area contributed by atoms with Gasteiger partial charge in [0.05, 0.1) is 17.9 Å². The fourth-order valence-electron chi connectivity index (χ4n) is 3.71. The molecular weight excluding hydrogens is 370 g/mol. The number of benzene rings is 1. The van der Waals surface area contributed by atoms with Gasteiger partial charge in [0, 0.05) is 17.7 Å². The van der Waals surface area contributed by atoms with E-state index >= 15 is 0 Å². The minimum absolute atomic E-state index is 0.0571. The molecule has 29 heavy (non-hydrogen) atoms. The first-order valence-corrected chi connectivity index (χ1v) is 10.1. The van der Waals surface area contributed by atoms with Gasteiger partial charge in [-0.2, -0.15) is 5.10 Å². The molecule has 0 aliphatic heterocycles. The first-order chi connectivity index (χ1) is 13.7. The van der Waals surface area contributed by atoms with Crippen molar-refractivity contribution in [1.82, 2.24) is 15.1 Å². The zero-order valence-corrected chi connectivity index (χ0v) is 17.4. The van der Waals surface area contributed by atoms with Crippen LogP contribution in [0.4, 0.5) is 0 Å². The minimum Gasteiger partial charge on any atom is -0.494 e. The summed E-state index contributed by atoms with van der Waals surface area (Å²) in [4.78, 5) is 25.0. The number of ether oxygens (including phenoxy) is 1. The third kappa shape index (κ3) is 5.03. The molecule has 0 unspecified atom stereocenters. The van der Waals surface area contributed by atoms with E-state index in [4.69, 9.17) is 4.74 Å². The van der Waals surface area contributed by atoms with Gasteiger partial charge in [-0.1, -0.05) is 26.0 Å². The molecule has 1 heterocycles. The van der Waals surface area contributed by atoms with E-state index in [1.165, 1.54) is 10.7 Å². The maximum absolute atomic E-state index is 12.7. The van der Waals surface area contributed by atoms with Crippen LogP contribution >= 0.6 is 0 Å². The number of hydrogen-bond donors (Lipinski definition) is 2. The van der Waals surface area contributed by atoms with Gasteiger partial charge in [-0.15, -0.1) is 0 Å². The van der Waals surface area contributed by atoms with Crippen LogP contribution in [0.15, 0.2) is 35.1 Å². The molecule has 0 saturated heterocycles. The van der Waals surface area contributed by atoms with Crippen molar-refractivity contribution in [2.45, 2.75) is 64.6 Å². The van der Waals surface area contributed by atoms with Crippen LogP contribution < -0.4 is 15.6 Å². The summed E-state index contributed by atoms with van der Waals surface area (Å²) in [6, 6.07) is 9.05. The van der Waals surface area contributed by atoms with Crippen LogP contribution in [-0.4, -0.2) is 39.0 Å². The van der Waals surface area contributed by atoms with Crippen LogP contribution in [0.3, 0.4) is 0 Å². The Morgan fingerprint density at radius 3 is 2.72 bits per heavy atom. The van der Waals surface area contributed by atoms with Gasteiger partial charge in [0.15, 0.2) is 0 Å². The monoisotopic (exact) mass is 399 g/mol. The summed E-state index contributed by atoms with van der Waals surface area (Å²) in [5.74, 6) is 0.526. The summed E-state index contributed by atoms with van der Waals surface area (Å²) < 4.78 is 6.77. The highest BCUT2D eigenvalue weighted by atomic mass is 16.5. The molecule has 3 rings (SSSR count). The Hall–Kier alpha value is -2.67. The first kappa shape index (κ1) is 21.0. The highest BCUT2D eigenvalue weighted by Gasteiger charge is 2.39. The lowest BCUT2D eigenvalue weighted by Crippen LogP contribution is -2.54. The summed E-state index contributed by atoms with van der Waals surface area (Å²) in [5.41, 5.74) is 1.31. The largest absolute Gasteiger partial charge is 0.494 e. The van der Waals surface area contributed by atoms with Gasteiger partial charge in [0.1, 0.15) is 12.3 Å². The van der Waals surface area contributed by atoms with E-state index in [-0.39, 0.29) is 30.0 Å². The Bertz CT molecular complexity index is 941. The Kier molecular flexibility index (Phi) is 6.07. The number of aliphatic hydroxyl groups is 1. The molecule has 0 atom stereocenters. The van der Waals surface area contributed by atoms with Gasteiger partial charge in [-0.05, 0) is 50.3 Å². The Balaban J connectivity index is 1.84. The number of hydrogen-bond acceptors (Lipinski definition) is 5. The normalized spacial score (nSPS) is 21.0. The average molecular weight is 399 g/mol. The molecule has 0 bridgehead atoms. The third-order valence-electron chi connectivity index (χ3n) is 5.06. The second kappa shape index (κ2) is 8.37. The topological polar surface area (TPSA) is 93.5 Å². The van der Waals surface area contributed by atoms with Crippen molar-refractivity contribution < 1.29 is 14.6 Å². The molecule has 1 fully saturated rings. The van der Waals surface area contributed by atoms with Gasteiger partial charge in [0.25, 0.3) is 5.56 Å². The summed E-state index contributed by atoms with van der Waals surface area (Å²) >= 11 is 0. The second-order valence-corrected chi connectivity index (χ2v) is 8.22. The molecule has 1 amide bonds. The minimum atomic E-state index is -0.713. The smallest absolute Gasteiger partial charge is 0.267 e. The summed E-state index contributed by atoms with van der Waals surface area (Å²) in [5, 5.41) is 17.1. The first-order valence-electron chi connectivity index (χ1n) is 10.1. The van der Waals surface area contributed by atoms with Gasteiger partial charge in [0.2, 0.25) is 5.91 Å². The Labute approximate surface area is 170 Å². The molecular formula is C22H29N3O4. The SMILES string of the molecule is CCOc1cccc(-c2cc(=O)n(CC(=O)N[C@H]3C[C@@](C)(O)C3)nc2C(C)C)c1. The lowest BCUT2D eigenvalue weighted by molar-refractivity contribution is -0.125. The van der Waals surface area contributed by atoms with Gasteiger partial charge in [-0.25, -0.2) is 4.68 Å². The number of rotatable bonds is 7. The molecule has 7 nitrogen and oxygen atoms in total. The zero-order chi connectivity index (χ0) is 21.2. The predicted octanol–water partition coefficient (Wildman–Crippen LogP) is 2.46. The summed E-state index contributed by atoms with van der Waals surface area (Å²) in [6.07, 6.45) is 1.04. The number of nitrogens with one attached hydrogen (secondary N) is 1. The molecule has 0 spiro atoms. The van der Waals surface area contributed by atoms with Crippen LogP contribution in [0.5, 0.6) is 5.75 Å². The van der Waals surface area contributed by atoms with Gasteiger partial charge >= 0.3 is 0 Å². The highest BCUT2D eigenvalue weighted by molar-refractivity contribution is 5.76. The van der Waals surface area contributed by atoms with Crippen molar-refractivity contribution in [1.29, 1.82) is 0 Å². The number of carbonyl (C=O) groups excluding carboxylic acids is 1. The predicted molar refractivity (Wildman–Crippen MR) is 111 cm³/mol. The van der Waals surface area contributed by atoms with E-state index in [2.05, 4.69) is 10.4 Å². The average Bonchev–Trinajstić information content (AvgIpc) is 2.62. The van der Waals surface area contributed by atoms with E-state index in [1.54, 1.807) is 6.92 Å². The van der Waals surface area contributed by atoms with Crippen molar-refractivity contribution in [2.24, 2.45) is 0 Å². The molecule has 7 heteroatoms. The number of nitrogens with zero attached hydrogens (tertiary/aromatic N) is 2. The van der Waals surface area contributed by atoms with Crippen molar-refractivity contribution in [3.05, 3.63) is 46.4 Å². The van der Waals surface area contributed by atoms with Crippen LogP contribution in [0.1, 0.15) is 52.1 Å². The zero-order valence-electron chi connectivity index (χ0n) is 17.4. The maximum atomic E-state index is 12.7. The van der Waals surface area contributed by atoms with Crippen LogP contribution in [0, 0.1) is 0 Å². The van der Waals surface area contributed by atoms with Crippen LogP contribution in [0.25, 0.3) is 11.1 Å². The van der Waals surface area contributed by atoms with Crippen molar-refractivity contribution in [3.63, 3.8) is 0 Å². The Morgan fingerprint density at radius 1 is 1.38 bits per heavy atom. The molecule has 1 aromatic carbocycles. The van der Waals surface area contributed by atoms with Crippen molar-refractivity contribution >= 4 is 5.91 Å². The standard InChI is InChI=1S/C22H29N3O4/c1-5-29-17-8-6-7-15(9-17)18-10-20(27)25(24-21(18)14(2)3)13-19(26)23-16-11-22(4,28)12-16/h6-10,14,16,28H,5,11-13H2,1-4H3,(H,23,26)/t16-,22+. The Morgan fingerprint density at radius 2 is 2.10 bits per heavy atom. The maximum Gasteiger partial charge on any atom is 0.267 e. The molecule has 1 aliphatic carbocycles. The summed E-state index contributed by atoms with van der Waals surface area (Å²) in [6.45, 7) is 8.09. The second-order valence-electron chi connectivity index (χ2n) is 8.22. The van der Waals surface area contributed by atoms with Crippen molar-refractivity contribution in [3.8, 4) is 16.9 Å². The van der Waals surface area contributed by atoms with Gasteiger partial charge in [-0.3, -0.25) is 9.59 Å².